The van der Waals surface area contributed by atoms with Gasteiger partial charge in [0.25, 0.3) is 0 Å². The first-order valence-electron chi connectivity index (χ1n) is 9.96. The van der Waals surface area contributed by atoms with Crippen LogP contribution in [0.3, 0.4) is 0 Å². The summed E-state index contributed by atoms with van der Waals surface area (Å²) in [6, 6.07) is 0. The van der Waals surface area contributed by atoms with Gasteiger partial charge in [-0.3, -0.25) is 0 Å². The Morgan fingerprint density at radius 2 is 1.93 bits per heavy atom. The molecule has 2 fully saturated rings. The second kappa shape index (κ2) is 10.2. The number of hydrogen-bond donors (Lipinski definition) is 1. The first kappa shape index (κ1) is 23.4. The molecule has 1 spiro atoms. The van der Waals surface area contributed by atoms with Crippen LogP contribution in [0.15, 0.2) is 48.1 Å². The van der Waals surface area contributed by atoms with E-state index in [2.05, 4.69) is 56.1 Å². The first-order chi connectivity index (χ1) is 13.2. The molecule has 0 bridgehead atoms. The Balaban J connectivity index is 2.33. The summed E-state index contributed by atoms with van der Waals surface area (Å²) in [5.74, 6) is 2.01. The van der Waals surface area contributed by atoms with Crippen molar-refractivity contribution in [3.05, 3.63) is 48.1 Å². The van der Waals surface area contributed by atoms with Gasteiger partial charge < -0.3 is 9.84 Å². The van der Waals surface area contributed by atoms with Crippen LogP contribution in [-0.2, 0) is 9.53 Å². The zero-order valence-electron chi connectivity index (χ0n) is 17.6. The summed E-state index contributed by atoms with van der Waals surface area (Å²) in [5, 5.41) is 11.0. The van der Waals surface area contributed by atoms with Crippen molar-refractivity contribution in [2.24, 2.45) is 11.3 Å². The summed E-state index contributed by atoms with van der Waals surface area (Å²) in [6.45, 7) is 10.2. The largest absolute Gasteiger partial charge is 0.466 e. The Labute approximate surface area is 178 Å². The maximum Gasteiger partial charge on any atom is 0.330 e. The van der Waals surface area contributed by atoms with Gasteiger partial charge in [-0.15, -0.1) is 23.5 Å². The molecule has 0 aromatic carbocycles. The van der Waals surface area contributed by atoms with Crippen LogP contribution in [0.2, 0.25) is 0 Å². The van der Waals surface area contributed by atoms with Crippen LogP contribution in [0, 0.1) is 11.3 Å². The van der Waals surface area contributed by atoms with Crippen LogP contribution in [0.1, 0.15) is 46.5 Å². The number of aliphatic hydroxyl groups is 1. The molecular formula is C23H34O3S2. The van der Waals surface area contributed by atoms with Crippen molar-refractivity contribution in [3.8, 4) is 0 Å². The van der Waals surface area contributed by atoms with Gasteiger partial charge in [0.2, 0.25) is 0 Å². The van der Waals surface area contributed by atoms with E-state index in [1.54, 1.807) is 6.08 Å². The molecule has 1 saturated heterocycles. The fraction of sp³-hybridized carbons (Fsp3) is 0.609. The third-order valence-electron chi connectivity index (χ3n) is 5.82. The van der Waals surface area contributed by atoms with Crippen LogP contribution in [0.4, 0.5) is 0 Å². The Hall–Kier alpha value is -0.910. The number of esters is 1. The molecule has 2 rings (SSSR count). The molecule has 156 valence electrons. The van der Waals surface area contributed by atoms with Crippen LogP contribution in [-0.4, -0.2) is 39.9 Å². The average Bonchev–Trinajstić information content (AvgIpc) is 2.68. The second-order valence-corrected chi connectivity index (χ2v) is 11.3. The normalized spacial score (nSPS) is 29.7. The highest BCUT2D eigenvalue weighted by molar-refractivity contribution is 8.18. The fourth-order valence-corrected chi connectivity index (χ4v) is 7.67. The van der Waals surface area contributed by atoms with Gasteiger partial charge in [-0.25, -0.2) is 4.79 Å². The molecule has 0 amide bonds. The maximum atomic E-state index is 11.5. The van der Waals surface area contributed by atoms with Gasteiger partial charge >= 0.3 is 5.97 Å². The van der Waals surface area contributed by atoms with E-state index in [1.807, 2.05) is 13.0 Å². The number of hydrogen-bond acceptors (Lipinski definition) is 5. The Kier molecular flexibility index (Phi) is 8.53. The number of aliphatic hydroxyl groups excluding tert-OH is 1. The summed E-state index contributed by atoms with van der Waals surface area (Å²) in [6.07, 6.45) is 13.0. The smallest absolute Gasteiger partial charge is 0.330 e. The number of methoxy groups -OCH3 is 1. The number of carbonyl (C=O) groups is 1. The molecule has 0 aromatic rings. The zero-order valence-corrected chi connectivity index (χ0v) is 19.2. The average molecular weight is 423 g/mol. The Bertz CT molecular complexity index is 659. The van der Waals surface area contributed by atoms with Crippen LogP contribution < -0.4 is 0 Å². The molecule has 28 heavy (non-hydrogen) atoms. The van der Waals surface area contributed by atoms with Crippen LogP contribution in [0.5, 0.6) is 0 Å². The van der Waals surface area contributed by atoms with E-state index in [-0.39, 0.29) is 15.4 Å². The lowest BCUT2D eigenvalue weighted by Gasteiger charge is -2.51. The van der Waals surface area contributed by atoms with Crippen molar-refractivity contribution in [2.75, 3.05) is 18.6 Å². The molecular weight excluding hydrogens is 388 g/mol. The topological polar surface area (TPSA) is 46.5 Å². The van der Waals surface area contributed by atoms with E-state index in [4.69, 9.17) is 4.74 Å². The summed E-state index contributed by atoms with van der Waals surface area (Å²) in [4.78, 5) is 11.5. The van der Waals surface area contributed by atoms with Crippen LogP contribution in [0.25, 0.3) is 0 Å². The van der Waals surface area contributed by atoms with Gasteiger partial charge in [-0.2, -0.15) is 0 Å². The van der Waals surface area contributed by atoms with E-state index in [0.29, 0.717) is 0 Å². The highest BCUT2D eigenvalue weighted by Gasteiger charge is 2.49. The standard InChI is InChI=1S/C23H34O3S2/c1-6-17(2)14-18(3)15-22(4)10-11-23(27-12-7-13-28-23)16-19(22)20(24)8-9-21(25)26-5/h6,8-9,14-15,19-20,24H,1,7,10-13,16H2,2-5H3/b9-8+,17-14+,18-15+/t19-,20+,22-/m0/s1. The molecule has 3 nitrogen and oxygen atoms in total. The Morgan fingerprint density at radius 1 is 1.25 bits per heavy atom. The van der Waals surface area contributed by atoms with E-state index < -0.39 is 12.1 Å². The third-order valence-corrected chi connectivity index (χ3v) is 9.31. The fourth-order valence-electron chi connectivity index (χ4n) is 4.24. The predicted octanol–water partition coefficient (Wildman–Crippen LogP) is 5.53. The van der Waals surface area contributed by atoms with Gasteiger partial charge in [0.15, 0.2) is 0 Å². The van der Waals surface area contributed by atoms with Gasteiger partial charge in [-0.1, -0.05) is 42.9 Å². The van der Waals surface area contributed by atoms with Crippen molar-refractivity contribution < 1.29 is 14.6 Å². The molecule has 1 saturated carbocycles. The van der Waals surface area contributed by atoms with Gasteiger partial charge in [0.05, 0.1) is 17.3 Å². The van der Waals surface area contributed by atoms with Crippen molar-refractivity contribution in [1.82, 2.24) is 0 Å². The molecule has 1 aliphatic carbocycles. The van der Waals surface area contributed by atoms with Gasteiger partial charge in [0.1, 0.15) is 0 Å². The quantitative estimate of drug-likeness (QED) is 0.346. The molecule has 3 atom stereocenters. The highest BCUT2D eigenvalue weighted by atomic mass is 32.2. The predicted molar refractivity (Wildman–Crippen MR) is 123 cm³/mol. The number of ether oxygens (including phenoxy) is 1. The van der Waals surface area contributed by atoms with E-state index in [9.17, 15) is 9.90 Å². The summed E-state index contributed by atoms with van der Waals surface area (Å²) >= 11 is 4.12. The lowest BCUT2D eigenvalue weighted by atomic mass is 9.64. The molecule has 0 aromatic heterocycles. The number of carbonyl (C=O) groups excluding carboxylic acids is 1. The zero-order chi connectivity index (χ0) is 20.8. The Morgan fingerprint density at radius 3 is 2.54 bits per heavy atom. The summed E-state index contributed by atoms with van der Waals surface area (Å²) < 4.78 is 4.89. The molecule has 2 aliphatic rings. The van der Waals surface area contributed by atoms with Crippen molar-refractivity contribution in [3.63, 3.8) is 0 Å². The van der Waals surface area contributed by atoms with E-state index in [0.717, 1.165) is 24.8 Å². The summed E-state index contributed by atoms with van der Waals surface area (Å²) in [7, 11) is 1.36. The molecule has 0 radical (unpaired) electrons. The van der Waals surface area contributed by atoms with Crippen LogP contribution >= 0.6 is 23.5 Å². The highest BCUT2D eigenvalue weighted by Crippen LogP contribution is 2.58. The molecule has 0 unspecified atom stereocenters. The molecule has 5 heteroatoms. The first-order valence-corrected chi connectivity index (χ1v) is 11.9. The van der Waals surface area contributed by atoms with E-state index >= 15 is 0 Å². The second-order valence-electron chi connectivity index (χ2n) is 8.13. The lowest BCUT2D eigenvalue weighted by molar-refractivity contribution is -0.134. The minimum Gasteiger partial charge on any atom is -0.466 e. The monoisotopic (exact) mass is 422 g/mol. The minimum absolute atomic E-state index is 0.0487. The van der Waals surface area contributed by atoms with Gasteiger partial charge in [-0.05, 0) is 68.4 Å². The van der Waals surface area contributed by atoms with Crippen molar-refractivity contribution in [1.29, 1.82) is 0 Å². The molecule has 1 heterocycles. The van der Waals surface area contributed by atoms with E-state index in [1.165, 1.54) is 36.7 Å². The SMILES string of the molecule is C=C/C(C)=C/C(C)=C/[C@]1(C)CCC2(C[C@H]1[C@H](O)/C=C/C(=O)OC)SCCCS2. The molecule has 1 aliphatic heterocycles. The van der Waals surface area contributed by atoms with Gasteiger partial charge in [0, 0.05) is 6.08 Å². The number of thioether (sulfide) groups is 2. The molecule has 1 N–H and O–H groups in total. The number of rotatable bonds is 6. The summed E-state index contributed by atoms with van der Waals surface area (Å²) in [5.41, 5.74) is 2.19. The third kappa shape index (κ3) is 6.04. The lowest BCUT2D eigenvalue weighted by Crippen LogP contribution is -2.45. The number of allylic oxidation sites excluding steroid dienone is 5. The minimum atomic E-state index is -0.682. The van der Waals surface area contributed by atoms with Crippen molar-refractivity contribution >= 4 is 29.5 Å². The van der Waals surface area contributed by atoms with Crippen molar-refractivity contribution in [2.45, 2.75) is 56.6 Å². The maximum absolute atomic E-state index is 11.5.